The third-order valence-electron chi connectivity index (χ3n) is 3.63. The lowest BCUT2D eigenvalue weighted by Gasteiger charge is -2.08. The first-order valence-electron chi connectivity index (χ1n) is 6.92. The van der Waals surface area contributed by atoms with E-state index in [1.54, 1.807) is 12.1 Å². The molecule has 0 aromatic heterocycles. The van der Waals surface area contributed by atoms with Crippen LogP contribution in [0.15, 0.2) is 60.2 Å². The van der Waals surface area contributed by atoms with Crippen LogP contribution < -0.4 is 0 Å². The Kier molecular flexibility index (Phi) is 3.74. The van der Waals surface area contributed by atoms with E-state index in [-0.39, 0.29) is 24.2 Å². The van der Waals surface area contributed by atoms with E-state index >= 15 is 0 Å². The molecule has 0 heterocycles. The topological polar surface area (TPSA) is 63.6 Å². The van der Waals surface area contributed by atoms with Gasteiger partial charge in [0, 0.05) is 6.42 Å². The maximum Gasteiger partial charge on any atom is 0.339 e. The Balaban J connectivity index is 1.86. The van der Waals surface area contributed by atoms with Crippen molar-refractivity contribution in [3.63, 3.8) is 0 Å². The summed E-state index contributed by atoms with van der Waals surface area (Å²) in [6.07, 6.45) is 0.251. The minimum Gasteiger partial charge on any atom is -0.478 e. The lowest BCUT2D eigenvalue weighted by Crippen LogP contribution is -2.11. The van der Waals surface area contributed by atoms with Crippen LogP contribution in [0.4, 0.5) is 0 Å². The number of ether oxygens (including phenoxy) is 1. The quantitative estimate of drug-likeness (QED) is 0.881. The van der Waals surface area contributed by atoms with E-state index < -0.39 is 11.9 Å². The van der Waals surface area contributed by atoms with Gasteiger partial charge in [0.15, 0.2) is 0 Å². The minimum absolute atomic E-state index is 0.0965. The van der Waals surface area contributed by atoms with E-state index in [1.807, 2.05) is 42.5 Å². The van der Waals surface area contributed by atoms with Crippen LogP contribution >= 0.6 is 0 Å². The van der Waals surface area contributed by atoms with Crippen LogP contribution in [0.1, 0.15) is 16.7 Å². The Hall–Kier alpha value is -2.88. The van der Waals surface area contributed by atoms with Crippen LogP contribution in [0.2, 0.25) is 0 Å². The normalized spacial score (nSPS) is 12.9. The molecular formula is C18H14O4. The highest BCUT2D eigenvalue weighted by Crippen LogP contribution is 2.33. The fourth-order valence-electron chi connectivity index (χ4n) is 2.57. The number of aliphatic carboxylic acids is 1. The molecule has 2 aromatic carbocycles. The first kappa shape index (κ1) is 14.1. The predicted octanol–water partition coefficient (Wildman–Crippen LogP) is 2.82. The number of carboxylic acid groups (broad SMARTS) is 1. The Morgan fingerprint density at radius 1 is 1.00 bits per heavy atom. The SMILES string of the molecule is O=C(O)C1=C(C(=O)OCc2ccccc2)c2ccccc2C1. The van der Waals surface area contributed by atoms with Gasteiger partial charge in [-0.15, -0.1) is 0 Å². The van der Waals surface area contributed by atoms with Gasteiger partial charge in [0.2, 0.25) is 0 Å². The van der Waals surface area contributed by atoms with E-state index in [2.05, 4.69) is 0 Å². The molecular weight excluding hydrogens is 280 g/mol. The van der Waals surface area contributed by atoms with Crippen molar-refractivity contribution in [2.45, 2.75) is 13.0 Å². The fourth-order valence-corrected chi connectivity index (χ4v) is 2.57. The molecule has 0 spiro atoms. The molecule has 0 fully saturated rings. The van der Waals surface area contributed by atoms with Gasteiger partial charge in [-0.1, -0.05) is 54.6 Å². The molecule has 0 saturated heterocycles. The van der Waals surface area contributed by atoms with Crippen LogP contribution in [0.5, 0.6) is 0 Å². The molecule has 2 aromatic rings. The minimum atomic E-state index is -1.08. The van der Waals surface area contributed by atoms with Crippen molar-refractivity contribution >= 4 is 17.5 Å². The molecule has 1 N–H and O–H groups in total. The zero-order chi connectivity index (χ0) is 15.5. The number of hydrogen-bond donors (Lipinski definition) is 1. The van der Waals surface area contributed by atoms with Gasteiger partial charge < -0.3 is 9.84 Å². The van der Waals surface area contributed by atoms with Crippen molar-refractivity contribution in [1.82, 2.24) is 0 Å². The molecule has 3 rings (SSSR count). The monoisotopic (exact) mass is 294 g/mol. The fraction of sp³-hybridized carbons (Fsp3) is 0.111. The van der Waals surface area contributed by atoms with Crippen molar-refractivity contribution < 1.29 is 19.4 Å². The number of hydrogen-bond acceptors (Lipinski definition) is 3. The summed E-state index contributed by atoms with van der Waals surface area (Å²) in [5.41, 5.74) is 2.61. The van der Waals surface area contributed by atoms with Gasteiger partial charge in [0.05, 0.1) is 11.1 Å². The van der Waals surface area contributed by atoms with Gasteiger partial charge >= 0.3 is 11.9 Å². The molecule has 0 saturated carbocycles. The highest BCUT2D eigenvalue weighted by atomic mass is 16.5. The summed E-state index contributed by atoms with van der Waals surface area (Å²) in [6.45, 7) is 0.123. The number of fused-ring (bicyclic) bond motifs is 1. The maximum atomic E-state index is 12.4. The summed E-state index contributed by atoms with van der Waals surface area (Å²) < 4.78 is 5.29. The zero-order valence-electron chi connectivity index (χ0n) is 11.8. The average molecular weight is 294 g/mol. The van der Waals surface area contributed by atoms with E-state index in [9.17, 15) is 14.7 Å². The second kappa shape index (κ2) is 5.85. The Morgan fingerprint density at radius 2 is 1.68 bits per heavy atom. The Morgan fingerprint density at radius 3 is 2.41 bits per heavy atom. The van der Waals surface area contributed by atoms with Gasteiger partial charge in [0.25, 0.3) is 0 Å². The van der Waals surface area contributed by atoms with Crippen molar-refractivity contribution in [3.8, 4) is 0 Å². The second-order valence-corrected chi connectivity index (χ2v) is 5.05. The van der Waals surface area contributed by atoms with Crippen LogP contribution in [-0.4, -0.2) is 17.0 Å². The van der Waals surface area contributed by atoms with E-state index in [4.69, 9.17) is 4.74 Å². The summed E-state index contributed by atoms with van der Waals surface area (Å²) in [4.78, 5) is 23.7. The van der Waals surface area contributed by atoms with Crippen molar-refractivity contribution in [3.05, 3.63) is 76.9 Å². The molecule has 0 radical (unpaired) electrons. The lowest BCUT2D eigenvalue weighted by molar-refractivity contribution is -0.138. The van der Waals surface area contributed by atoms with E-state index in [1.165, 1.54) is 0 Å². The highest BCUT2D eigenvalue weighted by molar-refractivity contribution is 6.24. The number of carboxylic acids is 1. The summed E-state index contributed by atoms with van der Waals surface area (Å²) >= 11 is 0. The second-order valence-electron chi connectivity index (χ2n) is 5.05. The third-order valence-corrected chi connectivity index (χ3v) is 3.63. The maximum absolute atomic E-state index is 12.4. The average Bonchev–Trinajstić information content (AvgIpc) is 2.93. The Labute approximate surface area is 127 Å². The largest absolute Gasteiger partial charge is 0.478 e. The molecule has 110 valence electrons. The molecule has 22 heavy (non-hydrogen) atoms. The molecule has 0 unspecified atom stereocenters. The Bertz CT molecular complexity index is 760. The lowest BCUT2D eigenvalue weighted by atomic mass is 10.1. The number of esters is 1. The predicted molar refractivity (Wildman–Crippen MR) is 80.9 cm³/mol. The highest BCUT2D eigenvalue weighted by Gasteiger charge is 2.31. The van der Waals surface area contributed by atoms with Crippen molar-refractivity contribution in [2.75, 3.05) is 0 Å². The molecule has 0 bridgehead atoms. The first-order chi connectivity index (χ1) is 10.7. The van der Waals surface area contributed by atoms with Gasteiger partial charge in [0.1, 0.15) is 6.61 Å². The van der Waals surface area contributed by atoms with Crippen molar-refractivity contribution in [1.29, 1.82) is 0 Å². The van der Waals surface area contributed by atoms with Crippen molar-refractivity contribution in [2.24, 2.45) is 0 Å². The molecule has 1 aliphatic rings. The van der Waals surface area contributed by atoms with E-state index in [0.29, 0.717) is 5.56 Å². The van der Waals surface area contributed by atoms with Crippen LogP contribution in [0.3, 0.4) is 0 Å². The van der Waals surface area contributed by atoms with E-state index in [0.717, 1.165) is 11.1 Å². The molecule has 4 nitrogen and oxygen atoms in total. The summed E-state index contributed by atoms with van der Waals surface area (Å²) in [6, 6.07) is 16.5. The first-order valence-corrected chi connectivity index (χ1v) is 6.92. The van der Waals surface area contributed by atoms with Crippen LogP contribution in [0, 0.1) is 0 Å². The molecule has 1 aliphatic carbocycles. The molecule has 0 amide bonds. The molecule has 4 heteroatoms. The number of benzene rings is 2. The molecule has 0 atom stereocenters. The summed E-state index contributed by atoms with van der Waals surface area (Å²) in [7, 11) is 0. The number of carbonyl (C=O) groups excluding carboxylic acids is 1. The number of carbonyl (C=O) groups is 2. The van der Waals surface area contributed by atoms with Gasteiger partial charge in [-0.2, -0.15) is 0 Å². The standard InChI is InChI=1S/C18H14O4/c19-17(20)15-10-13-8-4-5-9-14(13)16(15)18(21)22-11-12-6-2-1-3-7-12/h1-9H,10-11H2,(H,19,20). The van der Waals surface area contributed by atoms with Gasteiger partial charge in [-0.3, -0.25) is 0 Å². The van der Waals surface area contributed by atoms with Gasteiger partial charge in [-0.25, -0.2) is 9.59 Å². The third kappa shape index (κ3) is 2.63. The molecule has 0 aliphatic heterocycles. The van der Waals surface area contributed by atoms with Crippen LogP contribution in [0.25, 0.3) is 5.57 Å². The number of rotatable bonds is 4. The summed E-state index contributed by atoms with van der Waals surface area (Å²) in [5.74, 6) is -1.67. The zero-order valence-corrected chi connectivity index (χ0v) is 11.8. The van der Waals surface area contributed by atoms with Gasteiger partial charge in [-0.05, 0) is 16.7 Å². The summed E-state index contributed by atoms with van der Waals surface area (Å²) in [5, 5.41) is 9.32. The van der Waals surface area contributed by atoms with Crippen LogP contribution in [-0.2, 0) is 27.4 Å². The smallest absolute Gasteiger partial charge is 0.339 e.